The normalized spacial score (nSPS) is 12.0. The molecule has 2 heteroatoms. The number of hydrogen-bond acceptors (Lipinski definition) is 2. The number of rotatable bonds is 2. The van der Waals surface area contributed by atoms with Gasteiger partial charge in [0, 0.05) is 17.3 Å². The summed E-state index contributed by atoms with van der Waals surface area (Å²) in [6, 6.07) is 28.0. The molecule has 0 aliphatic rings. The average molecular weight is 377 g/mol. The third-order valence-corrected chi connectivity index (χ3v) is 5.65. The van der Waals surface area contributed by atoms with Crippen molar-refractivity contribution in [1.82, 2.24) is 4.98 Å². The summed E-state index contributed by atoms with van der Waals surface area (Å²) in [4.78, 5) is 4.72. The average Bonchev–Trinajstić information content (AvgIpc) is 2.74. The maximum absolute atomic E-state index is 4.72. The van der Waals surface area contributed by atoms with Crippen LogP contribution in [0.3, 0.4) is 0 Å². The van der Waals surface area contributed by atoms with E-state index in [0.717, 1.165) is 11.5 Å². The van der Waals surface area contributed by atoms with Gasteiger partial charge in [0.15, 0.2) is 0 Å². The predicted octanol–water partition coefficient (Wildman–Crippen LogP) is 7.58. The van der Waals surface area contributed by atoms with Crippen LogP contribution in [0.5, 0.6) is 0 Å². The minimum atomic E-state index is 0.152. The van der Waals surface area contributed by atoms with Crippen molar-refractivity contribution in [3.8, 4) is 0 Å². The zero-order chi connectivity index (χ0) is 20.0. The van der Waals surface area contributed by atoms with Gasteiger partial charge in [0.05, 0.1) is 0 Å². The molecule has 0 fully saturated rings. The number of fused-ring (bicyclic) bond motifs is 6. The molecule has 0 aliphatic heterocycles. The van der Waals surface area contributed by atoms with Crippen LogP contribution in [0, 0.1) is 0 Å². The van der Waals surface area contributed by atoms with Crippen LogP contribution in [0.1, 0.15) is 26.3 Å². The van der Waals surface area contributed by atoms with Gasteiger partial charge >= 0.3 is 0 Å². The summed E-state index contributed by atoms with van der Waals surface area (Å²) in [6.07, 6.45) is 2.00. The van der Waals surface area contributed by atoms with Gasteiger partial charge in [0.1, 0.15) is 5.82 Å². The third kappa shape index (κ3) is 3.11. The molecule has 0 saturated heterocycles. The molecule has 0 amide bonds. The van der Waals surface area contributed by atoms with Crippen LogP contribution < -0.4 is 5.32 Å². The maximum atomic E-state index is 4.72. The van der Waals surface area contributed by atoms with Crippen molar-refractivity contribution in [2.24, 2.45) is 0 Å². The van der Waals surface area contributed by atoms with Crippen LogP contribution >= 0.6 is 0 Å². The highest BCUT2D eigenvalue weighted by Crippen LogP contribution is 2.35. The van der Waals surface area contributed by atoms with Crippen molar-refractivity contribution in [3.63, 3.8) is 0 Å². The number of anilines is 2. The summed E-state index contributed by atoms with van der Waals surface area (Å²) in [7, 11) is 0. The van der Waals surface area contributed by atoms with Gasteiger partial charge in [0.25, 0.3) is 0 Å². The predicted molar refractivity (Wildman–Crippen MR) is 125 cm³/mol. The zero-order valence-corrected chi connectivity index (χ0v) is 17.0. The second-order valence-electron chi connectivity index (χ2n) is 8.66. The van der Waals surface area contributed by atoms with Crippen molar-refractivity contribution < 1.29 is 0 Å². The van der Waals surface area contributed by atoms with Crippen LogP contribution in [-0.2, 0) is 5.41 Å². The fourth-order valence-corrected chi connectivity index (χ4v) is 4.07. The van der Waals surface area contributed by atoms with Crippen molar-refractivity contribution in [2.45, 2.75) is 26.2 Å². The van der Waals surface area contributed by atoms with Gasteiger partial charge in [-0.25, -0.2) is 4.98 Å². The molecule has 4 aromatic carbocycles. The minimum absolute atomic E-state index is 0.152. The smallest absolute Gasteiger partial charge is 0.130 e. The van der Waals surface area contributed by atoms with Crippen molar-refractivity contribution >= 4 is 43.8 Å². The number of aromatic nitrogens is 1. The monoisotopic (exact) mass is 376 g/mol. The van der Waals surface area contributed by atoms with Crippen molar-refractivity contribution in [1.29, 1.82) is 0 Å². The summed E-state index contributed by atoms with van der Waals surface area (Å²) in [5.74, 6) is 0.862. The van der Waals surface area contributed by atoms with Crippen LogP contribution in [0.25, 0.3) is 32.3 Å². The minimum Gasteiger partial charge on any atom is -0.340 e. The van der Waals surface area contributed by atoms with Gasteiger partial charge in [0.2, 0.25) is 0 Å². The molecule has 142 valence electrons. The molecule has 5 aromatic rings. The summed E-state index contributed by atoms with van der Waals surface area (Å²) in [6.45, 7) is 6.70. The van der Waals surface area contributed by atoms with Gasteiger partial charge in [-0.1, -0.05) is 81.4 Å². The first-order valence-electron chi connectivity index (χ1n) is 10.1. The second-order valence-corrected chi connectivity index (χ2v) is 8.66. The molecule has 0 radical (unpaired) electrons. The molecule has 5 rings (SSSR count). The molecule has 1 aromatic heterocycles. The quantitative estimate of drug-likeness (QED) is 0.321. The highest BCUT2D eigenvalue weighted by Gasteiger charge is 2.13. The Hall–Kier alpha value is -3.39. The fourth-order valence-electron chi connectivity index (χ4n) is 4.07. The molecule has 0 spiro atoms. The molecular formula is C27H24N2. The molecule has 0 saturated carbocycles. The van der Waals surface area contributed by atoms with E-state index in [1.807, 2.05) is 6.20 Å². The van der Waals surface area contributed by atoms with E-state index in [0.29, 0.717) is 0 Å². The first kappa shape index (κ1) is 17.7. The molecule has 1 heterocycles. The number of nitrogens with one attached hydrogen (secondary N) is 1. The number of benzene rings is 4. The highest BCUT2D eigenvalue weighted by atomic mass is 15.0. The number of pyridine rings is 1. The van der Waals surface area contributed by atoms with E-state index >= 15 is 0 Å². The van der Waals surface area contributed by atoms with Gasteiger partial charge in [-0.3, -0.25) is 0 Å². The maximum Gasteiger partial charge on any atom is 0.130 e. The van der Waals surface area contributed by atoms with E-state index in [4.69, 9.17) is 4.98 Å². The standard InChI is InChI=1S/C27H24N2/c1-27(2,3)18-12-14-19(15-13-18)29-26-16-24-22-10-6-4-8-20(22)21-9-5-7-11-23(21)25(24)17-28-26/h4-17H,1-3H3,(H,28,29). The Kier molecular flexibility index (Phi) is 4.02. The Balaban J connectivity index is 1.64. The Morgan fingerprint density at radius 3 is 1.69 bits per heavy atom. The largest absolute Gasteiger partial charge is 0.340 e. The SMILES string of the molecule is CC(C)(C)c1ccc(Nc2cc3c4ccccc4c4ccccc4c3cn2)cc1. The van der Waals surface area contributed by atoms with Crippen molar-refractivity contribution in [2.75, 3.05) is 5.32 Å². The lowest BCUT2D eigenvalue weighted by Crippen LogP contribution is -2.10. The summed E-state index contributed by atoms with van der Waals surface area (Å²) < 4.78 is 0. The Morgan fingerprint density at radius 1 is 0.621 bits per heavy atom. The molecule has 0 bridgehead atoms. The fraction of sp³-hybridized carbons (Fsp3) is 0.148. The van der Waals surface area contributed by atoms with Gasteiger partial charge in [-0.15, -0.1) is 0 Å². The van der Waals surface area contributed by atoms with E-state index in [-0.39, 0.29) is 5.41 Å². The first-order valence-corrected chi connectivity index (χ1v) is 10.1. The van der Waals surface area contributed by atoms with E-state index in [2.05, 4.69) is 105 Å². The van der Waals surface area contributed by atoms with Crippen molar-refractivity contribution in [3.05, 3.63) is 90.6 Å². The third-order valence-electron chi connectivity index (χ3n) is 5.65. The molecule has 0 aliphatic carbocycles. The molecule has 0 atom stereocenters. The molecular weight excluding hydrogens is 352 g/mol. The Labute approximate surface area is 171 Å². The summed E-state index contributed by atoms with van der Waals surface area (Å²) >= 11 is 0. The topological polar surface area (TPSA) is 24.9 Å². The molecule has 2 nitrogen and oxygen atoms in total. The van der Waals surface area contributed by atoms with E-state index < -0.39 is 0 Å². The lowest BCUT2D eigenvalue weighted by molar-refractivity contribution is 0.590. The van der Waals surface area contributed by atoms with Crippen LogP contribution in [0.2, 0.25) is 0 Å². The highest BCUT2D eigenvalue weighted by molar-refractivity contribution is 6.25. The lowest BCUT2D eigenvalue weighted by Gasteiger charge is -2.19. The number of nitrogens with zero attached hydrogens (tertiary/aromatic N) is 1. The second kappa shape index (κ2) is 6.59. The van der Waals surface area contributed by atoms with E-state index in [9.17, 15) is 0 Å². The van der Waals surface area contributed by atoms with Gasteiger partial charge in [-0.2, -0.15) is 0 Å². The molecule has 0 unspecified atom stereocenters. The number of hydrogen-bond donors (Lipinski definition) is 1. The Bertz CT molecular complexity index is 1310. The van der Waals surface area contributed by atoms with Gasteiger partial charge < -0.3 is 5.32 Å². The first-order chi connectivity index (χ1) is 14.0. The van der Waals surface area contributed by atoms with Gasteiger partial charge in [-0.05, 0) is 56.1 Å². The summed E-state index contributed by atoms with van der Waals surface area (Å²) in [5.41, 5.74) is 2.53. The van der Waals surface area contributed by atoms with E-state index in [1.54, 1.807) is 0 Å². The van der Waals surface area contributed by atoms with Crippen LogP contribution in [0.4, 0.5) is 11.5 Å². The Morgan fingerprint density at radius 2 is 1.14 bits per heavy atom. The zero-order valence-electron chi connectivity index (χ0n) is 17.0. The lowest BCUT2D eigenvalue weighted by atomic mass is 9.87. The van der Waals surface area contributed by atoms with E-state index in [1.165, 1.54) is 37.9 Å². The van der Waals surface area contributed by atoms with Crippen LogP contribution in [0.15, 0.2) is 85.1 Å². The molecule has 1 N–H and O–H groups in total. The van der Waals surface area contributed by atoms with Crippen LogP contribution in [-0.4, -0.2) is 4.98 Å². The molecule has 29 heavy (non-hydrogen) atoms. The summed E-state index contributed by atoms with van der Waals surface area (Å²) in [5, 5.41) is 10.9.